The molecule has 0 aliphatic rings. The SMILES string of the molecule is CCOC(=O)c1sc(NC(=O)c2c(C)cc(C)cc2C)c(C#N)c1C. The lowest BCUT2D eigenvalue weighted by Gasteiger charge is -2.11. The Bertz CT molecular complexity index is 868. The van der Waals surface area contributed by atoms with Crippen LogP contribution in [-0.4, -0.2) is 18.5 Å². The van der Waals surface area contributed by atoms with E-state index in [-0.39, 0.29) is 12.5 Å². The number of benzene rings is 1. The highest BCUT2D eigenvalue weighted by molar-refractivity contribution is 7.18. The largest absolute Gasteiger partial charge is 0.462 e. The standard InChI is InChI=1S/C19H20N2O3S/c1-6-24-19(23)16-13(5)14(9-20)18(25-16)21-17(22)15-11(3)7-10(2)8-12(15)4/h7-8H,6H2,1-5H3,(H,21,22). The van der Waals surface area contributed by atoms with E-state index in [0.717, 1.165) is 28.0 Å². The van der Waals surface area contributed by atoms with Crippen LogP contribution < -0.4 is 5.32 Å². The van der Waals surface area contributed by atoms with E-state index < -0.39 is 5.97 Å². The minimum Gasteiger partial charge on any atom is -0.462 e. The lowest BCUT2D eigenvalue weighted by molar-refractivity contribution is 0.0531. The summed E-state index contributed by atoms with van der Waals surface area (Å²) < 4.78 is 5.01. The zero-order chi connectivity index (χ0) is 18.7. The first kappa shape index (κ1) is 18.7. The van der Waals surface area contributed by atoms with Crippen molar-refractivity contribution in [2.45, 2.75) is 34.6 Å². The van der Waals surface area contributed by atoms with E-state index in [0.29, 0.717) is 26.6 Å². The van der Waals surface area contributed by atoms with Gasteiger partial charge in [-0.3, -0.25) is 4.79 Å². The van der Waals surface area contributed by atoms with Gasteiger partial charge in [-0.15, -0.1) is 11.3 Å². The van der Waals surface area contributed by atoms with Crippen LogP contribution in [0.1, 0.15) is 54.8 Å². The first-order valence-corrected chi connectivity index (χ1v) is 8.71. The van der Waals surface area contributed by atoms with Gasteiger partial charge in [-0.05, 0) is 51.3 Å². The van der Waals surface area contributed by atoms with Crippen molar-refractivity contribution in [1.82, 2.24) is 0 Å². The van der Waals surface area contributed by atoms with Crippen LogP contribution in [0.3, 0.4) is 0 Å². The molecule has 0 bridgehead atoms. The summed E-state index contributed by atoms with van der Waals surface area (Å²) in [6.45, 7) is 9.38. The summed E-state index contributed by atoms with van der Waals surface area (Å²) in [7, 11) is 0. The number of hydrogen-bond acceptors (Lipinski definition) is 5. The molecule has 0 saturated heterocycles. The number of anilines is 1. The van der Waals surface area contributed by atoms with Crippen molar-refractivity contribution in [3.8, 4) is 6.07 Å². The number of nitrogens with zero attached hydrogens (tertiary/aromatic N) is 1. The van der Waals surface area contributed by atoms with Gasteiger partial charge in [0.05, 0.1) is 12.2 Å². The molecular formula is C19H20N2O3S. The van der Waals surface area contributed by atoms with Gasteiger partial charge in [-0.1, -0.05) is 17.7 Å². The van der Waals surface area contributed by atoms with Crippen LogP contribution in [0.2, 0.25) is 0 Å². The van der Waals surface area contributed by atoms with E-state index in [4.69, 9.17) is 4.74 Å². The van der Waals surface area contributed by atoms with Crippen molar-refractivity contribution < 1.29 is 14.3 Å². The molecule has 5 nitrogen and oxygen atoms in total. The molecule has 2 rings (SSSR count). The third-order valence-electron chi connectivity index (χ3n) is 3.85. The number of carbonyl (C=O) groups is 2. The number of ether oxygens (including phenoxy) is 1. The molecule has 1 N–H and O–H groups in total. The summed E-state index contributed by atoms with van der Waals surface area (Å²) in [6.07, 6.45) is 0. The number of nitrogens with one attached hydrogen (secondary N) is 1. The summed E-state index contributed by atoms with van der Waals surface area (Å²) in [5.74, 6) is -0.771. The molecule has 0 atom stereocenters. The molecule has 25 heavy (non-hydrogen) atoms. The van der Waals surface area contributed by atoms with Gasteiger partial charge >= 0.3 is 5.97 Å². The zero-order valence-electron chi connectivity index (χ0n) is 14.9. The number of aryl methyl sites for hydroxylation is 3. The monoisotopic (exact) mass is 356 g/mol. The number of hydrogen-bond donors (Lipinski definition) is 1. The maximum atomic E-state index is 12.7. The Morgan fingerprint density at radius 3 is 2.32 bits per heavy atom. The molecule has 130 valence electrons. The Morgan fingerprint density at radius 2 is 1.80 bits per heavy atom. The molecule has 1 aromatic heterocycles. The summed E-state index contributed by atoms with van der Waals surface area (Å²) >= 11 is 1.07. The van der Waals surface area contributed by atoms with E-state index in [1.807, 2.05) is 32.9 Å². The zero-order valence-corrected chi connectivity index (χ0v) is 15.8. The molecule has 0 saturated carbocycles. The average molecular weight is 356 g/mol. The van der Waals surface area contributed by atoms with E-state index in [2.05, 4.69) is 11.4 Å². The smallest absolute Gasteiger partial charge is 0.348 e. The predicted octanol–water partition coefficient (Wildman–Crippen LogP) is 4.28. The van der Waals surface area contributed by atoms with Crippen LogP contribution in [0.5, 0.6) is 0 Å². The minimum absolute atomic E-state index is 0.251. The lowest BCUT2D eigenvalue weighted by atomic mass is 9.99. The molecule has 0 unspecified atom stereocenters. The van der Waals surface area contributed by atoms with Crippen molar-refractivity contribution in [1.29, 1.82) is 5.26 Å². The Kier molecular flexibility index (Phi) is 5.60. The van der Waals surface area contributed by atoms with Crippen molar-refractivity contribution in [2.24, 2.45) is 0 Å². The van der Waals surface area contributed by atoms with Gasteiger partial charge in [0.25, 0.3) is 5.91 Å². The number of carbonyl (C=O) groups excluding carboxylic acids is 2. The van der Waals surface area contributed by atoms with Crippen LogP contribution in [0.4, 0.5) is 5.00 Å². The van der Waals surface area contributed by atoms with Gasteiger partial charge in [0, 0.05) is 5.56 Å². The second-order valence-electron chi connectivity index (χ2n) is 5.82. The summed E-state index contributed by atoms with van der Waals surface area (Å²) in [6, 6.07) is 5.95. The first-order chi connectivity index (χ1) is 11.8. The van der Waals surface area contributed by atoms with Gasteiger partial charge in [0.1, 0.15) is 15.9 Å². The topological polar surface area (TPSA) is 79.2 Å². The van der Waals surface area contributed by atoms with Gasteiger partial charge in [-0.2, -0.15) is 5.26 Å². The molecule has 0 aliphatic carbocycles. The summed E-state index contributed by atoms with van der Waals surface area (Å²) in [4.78, 5) is 25.1. The Balaban J connectivity index is 2.41. The van der Waals surface area contributed by atoms with Crippen molar-refractivity contribution in [3.05, 3.63) is 50.4 Å². The van der Waals surface area contributed by atoms with Crippen LogP contribution in [-0.2, 0) is 4.74 Å². The first-order valence-electron chi connectivity index (χ1n) is 7.89. The highest BCUT2D eigenvalue weighted by Gasteiger charge is 2.23. The number of rotatable bonds is 4. The molecule has 0 aliphatic heterocycles. The van der Waals surface area contributed by atoms with Crippen LogP contribution in [0, 0.1) is 39.0 Å². The van der Waals surface area contributed by atoms with Crippen LogP contribution >= 0.6 is 11.3 Å². The highest BCUT2D eigenvalue weighted by atomic mass is 32.1. The Hall–Kier alpha value is -2.65. The number of amides is 1. The summed E-state index contributed by atoms with van der Waals surface area (Å²) in [5.41, 5.74) is 4.22. The fraction of sp³-hybridized carbons (Fsp3) is 0.316. The van der Waals surface area contributed by atoms with E-state index in [9.17, 15) is 14.9 Å². The van der Waals surface area contributed by atoms with Crippen molar-refractivity contribution in [2.75, 3.05) is 11.9 Å². The molecular weight excluding hydrogens is 336 g/mol. The third kappa shape index (κ3) is 3.72. The van der Waals surface area contributed by atoms with Gasteiger partial charge < -0.3 is 10.1 Å². The number of nitriles is 1. The molecule has 0 fully saturated rings. The predicted molar refractivity (Wildman–Crippen MR) is 98.3 cm³/mol. The van der Waals surface area contributed by atoms with E-state index >= 15 is 0 Å². The number of thiophene rings is 1. The van der Waals surface area contributed by atoms with Gasteiger partial charge in [-0.25, -0.2) is 4.79 Å². The Morgan fingerprint density at radius 1 is 1.20 bits per heavy atom. The fourth-order valence-electron chi connectivity index (χ4n) is 2.83. The normalized spacial score (nSPS) is 10.2. The molecule has 1 heterocycles. The molecule has 1 aromatic carbocycles. The molecule has 1 amide bonds. The minimum atomic E-state index is -0.482. The highest BCUT2D eigenvalue weighted by Crippen LogP contribution is 2.33. The maximum Gasteiger partial charge on any atom is 0.348 e. The maximum absolute atomic E-state index is 12.7. The number of esters is 1. The Labute approximate surface area is 151 Å². The quantitative estimate of drug-likeness (QED) is 0.829. The molecule has 0 spiro atoms. The second-order valence-corrected chi connectivity index (χ2v) is 6.84. The van der Waals surface area contributed by atoms with E-state index in [1.54, 1.807) is 13.8 Å². The van der Waals surface area contributed by atoms with Gasteiger partial charge in [0.2, 0.25) is 0 Å². The van der Waals surface area contributed by atoms with Crippen LogP contribution in [0.15, 0.2) is 12.1 Å². The molecule has 6 heteroatoms. The lowest BCUT2D eigenvalue weighted by Crippen LogP contribution is -2.15. The average Bonchev–Trinajstić information content (AvgIpc) is 2.82. The van der Waals surface area contributed by atoms with Crippen molar-refractivity contribution >= 4 is 28.2 Å². The third-order valence-corrected chi connectivity index (χ3v) is 5.04. The van der Waals surface area contributed by atoms with Gasteiger partial charge in [0.15, 0.2) is 0 Å². The van der Waals surface area contributed by atoms with Crippen molar-refractivity contribution in [3.63, 3.8) is 0 Å². The second kappa shape index (κ2) is 7.49. The van der Waals surface area contributed by atoms with E-state index in [1.165, 1.54) is 0 Å². The molecule has 2 aromatic rings. The molecule has 0 radical (unpaired) electrons. The van der Waals surface area contributed by atoms with Crippen LogP contribution in [0.25, 0.3) is 0 Å². The fourth-order valence-corrected chi connectivity index (χ4v) is 3.88. The summed E-state index contributed by atoms with van der Waals surface area (Å²) in [5, 5.41) is 12.6.